The summed E-state index contributed by atoms with van der Waals surface area (Å²) in [6, 6.07) is 12.5. The Kier molecular flexibility index (Phi) is 12.8. The molecule has 1 heterocycles. The van der Waals surface area contributed by atoms with E-state index in [4.69, 9.17) is 33.2 Å². The van der Waals surface area contributed by atoms with Gasteiger partial charge in [-0.3, -0.25) is 9.59 Å². The SMILES string of the molecule is COCOc1cccc([C@H](NC(=O)OC(C)(C)C)[C@@H](O)C(=O)O[C@H]2C[C@@]3(O)[C@@H](OC(=O)c4ccccc4)[C@@H]4[C@]5(OC(C)=O)CO[C@@H]5C[C@H](O)[C@@]4(C)C(=O)[C@H](O)C(=C2C)C3(C)C)c1. The number of hydrogen-bond donors (Lipinski definition) is 5. The van der Waals surface area contributed by atoms with Gasteiger partial charge in [0.15, 0.2) is 24.3 Å². The standard InChI is InChI=1S/C45H57NO16/c1-23-28(59-39(53)34(50)32(46-40(54)62-41(3,4)5)26-16-13-17-27(18-26)58-22-56-9)20-45(55)37(60-38(52)25-14-11-10-12-15-25)35-43(8,36(51)33(49)31(23)42(45,6)7)29(48)19-30-44(35,21-57-30)61-24(2)47/h10-18,28-30,32-35,37,48-50,55H,19-22H2,1-9H3,(H,46,54)/t28-,29-,30+,32-,33+,34+,35-,37-,43+,44-,45+/m0/s1. The number of alkyl carbamates (subject to hydrolysis) is 1. The second-order valence-electron chi connectivity index (χ2n) is 18.3. The molecule has 0 aromatic heterocycles. The van der Waals surface area contributed by atoms with Gasteiger partial charge in [0.1, 0.15) is 41.4 Å². The molecule has 5 N–H and O–H groups in total. The average molecular weight is 868 g/mol. The van der Waals surface area contributed by atoms with E-state index in [-0.39, 0.29) is 47.8 Å². The van der Waals surface area contributed by atoms with Gasteiger partial charge in [0.05, 0.1) is 35.6 Å². The summed E-state index contributed by atoms with van der Waals surface area (Å²) in [5, 5.41) is 52.0. The molecular formula is C45H57NO16. The van der Waals surface area contributed by atoms with Gasteiger partial charge in [0.2, 0.25) is 0 Å². The molecule has 11 atom stereocenters. The van der Waals surface area contributed by atoms with E-state index in [9.17, 15) is 39.6 Å². The largest absolute Gasteiger partial charge is 0.468 e. The predicted molar refractivity (Wildman–Crippen MR) is 216 cm³/mol. The van der Waals surface area contributed by atoms with Crippen LogP contribution >= 0.6 is 0 Å². The lowest BCUT2D eigenvalue weighted by Gasteiger charge is -2.67. The van der Waals surface area contributed by atoms with Crippen molar-refractivity contribution in [1.29, 1.82) is 0 Å². The first kappa shape index (κ1) is 46.6. The molecule has 17 heteroatoms. The van der Waals surface area contributed by atoms with Gasteiger partial charge in [-0.15, -0.1) is 0 Å². The molecule has 0 unspecified atom stereocenters. The van der Waals surface area contributed by atoms with Crippen molar-refractivity contribution in [2.45, 2.75) is 128 Å². The molecule has 17 nitrogen and oxygen atoms in total. The number of methoxy groups -OCH3 is 1. The number of ether oxygens (including phenoxy) is 7. The number of carbonyl (C=O) groups excluding carboxylic acids is 5. The van der Waals surface area contributed by atoms with E-state index in [2.05, 4.69) is 5.32 Å². The Morgan fingerprint density at radius 2 is 1.68 bits per heavy atom. The lowest BCUT2D eigenvalue weighted by molar-refractivity contribution is -0.346. The maximum absolute atomic E-state index is 15.0. The number of Topliss-reactive ketones (excluding diaryl/α,β-unsaturated/α-hetero) is 1. The Bertz CT molecular complexity index is 2100. The van der Waals surface area contributed by atoms with Crippen molar-refractivity contribution in [2.75, 3.05) is 20.5 Å². The van der Waals surface area contributed by atoms with Crippen LogP contribution in [-0.2, 0) is 42.8 Å². The van der Waals surface area contributed by atoms with E-state index >= 15 is 4.79 Å². The summed E-state index contributed by atoms with van der Waals surface area (Å²) in [7, 11) is 1.42. The molecule has 0 radical (unpaired) electrons. The first-order chi connectivity index (χ1) is 28.9. The Labute approximate surface area is 359 Å². The van der Waals surface area contributed by atoms with Crippen molar-refractivity contribution in [1.82, 2.24) is 5.32 Å². The smallest absolute Gasteiger partial charge is 0.408 e. The summed E-state index contributed by atoms with van der Waals surface area (Å²) in [6.45, 7) is 11.5. The van der Waals surface area contributed by atoms with E-state index in [1.165, 1.54) is 59.1 Å². The number of ketones is 1. The number of carbonyl (C=O) groups is 5. The first-order valence-corrected chi connectivity index (χ1v) is 20.4. The van der Waals surface area contributed by atoms with Gasteiger partial charge in [-0.2, -0.15) is 0 Å². The minimum absolute atomic E-state index is 0.0670. The molecule has 0 spiro atoms. The highest BCUT2D eigenvalue weighted by Gasteiger charge is 2.78. The normalized spacial score (nSPS) is 32.2. The zero-order valence-corrected chi connectivity index (χ0v) is 36.3. The third-order valence-corrected chi connectivity index (χ3v) is 13.0. The highest BCUT2D eigenvalue weighted by molar-refractivity contribution is 5.94. The molecule has 62 heavy (non-hydrogen) atoms. The van der Waals surface area contributed by atoms with Crippen molar-refractivity contribution in [2.24, 2.45) is 16.7 Å². The Morgan fingerprint density at radius 1 is 1.00 bits per heavy atom. The van der Waals surface area contributed by atoms with Crippen LogP contribution in [0.3, 0.4) is 0 Å². The van der Waals surface area contributed by atoms with E-state index in [1.54, 1.807) is 51.1 Å². The molecular weight excluding hydrogens is 810 g/mol. The number of esters is 3. The van der Waals surface area contributed by atoms with Crippen LogP contribution in [0.25, 0.3) is 0 Å². The molecule has 2 saturated carbocycles. The summed E-state index contributed by atoms with van der Waals surface area (Å²) in [5.41, 5.74) is -8.48. The van der Waals surface area contributed by atoms with Gasteiger partial charge in [0.25, 0.3) is 0 Å². The third kappa shape index (κ3) is 8.10. The highest BCUT2D eigenvalue weighted by atomic mass is 16.7. The number of rotatable bonds is 11. The van der Waals surface area contributed by atoms with Crippen molar-refractivity contribution in [3.63, 3.8) is 0 Å². The first-order valence-electron chi connectivity index (χ1n) is 20.4. The van der Waals surface area contributed by atoms with Crippen LogP contribution in [0.4, 0.5) is 4.79 Å². The number of aliphatic hydroxyl groups excluding tert-OH is 3. The van der Waals surface area contributed by atoms with Gasteiger partial charge in [-0.05, 0) is 75.6 Å². The van der Waals surface area contributed by atoms with Gasteiger partial charge in [-0.25, -0.2) is 14.4 Å². The molecule has 1 aliphatic heterocycles. The number of amides is 1. The highest BCUT2D eigenvalue weighted by Crippen LogP contribution is 2.64. The fraction of sp³-hybridized carbons (Fsp3) is 0.578. The van der Waals surface area contributed by atoms with E-state index in [1.807, 2.05) is 0 Å². The number of fused-ring (bicyclic) bond motifs is 5. The molecule has 3 aliphatic carbocycles. The van der Waals surface area contributed by atoms with Crippen molar-refractivity contribution in [3.8, 4) is 5.75 Å². The molecule has 6 rings (SSSR count). The molecule has 1 amide bonds. The third-order valence-electron chi connectivity index (χ3n) is 13.0. The zero-order chi connectivity index (χ0) is 45.7. The van der Waals surface area contributed by atoms with Crippen LogP contribution in [0.1, 0.15) is 90.2 Å². The number of hydrogen-bond acceptors (Lipinski definition) is 16. The molecule has 2 aromatic carbocycles. The van der Waals surface area contributed by atoms with Crippen LogP contribution in [0.5, 0.6) is 5.75 Å². The second kappa shape index (κ2) is 17.0. The average Bonchev–Trinajstić information content (AvgIpc) is 3.19. The molecule has 1 saturated heterocycles. The number of benzene rings is 2. The summed E-state index contributed by atoms with van der Waals surface area (Å²) >= 11 is 0. The van der Waals surface area contributed by atoms with Crippen LogP contribution < -0.4 is 10.1 Å². The van der Waals surface area contributed by atoms with Gasteiger partial charge >= 0.3 is 24.0 Å². The fourth-order valence-corrected chi connectivity index (χ4v) is 9.82. The predicted octanol–water partition coefficient (Wildman–Crippen LogP) is 3.24. The molecule has 2 aromatic rings. The zero-order valence-electron chi connectivity index (χ0n) is 36.3. The van der Waals surface area contributed by atoms with Gasteiger partial charge in [0, 0.05) is 32.3 Å². The lowest BCUT2D eigenvalue weighted by Crippen LogP contribution is -2.81. The number of nitrogens with one attached hydrogen (secondary N) is 1. The van der Waals surface area contributed by atoms with E-state index < -0.39 is 112 Å². The minimum Gasteiger partial charge on any atom is -0.468 e. The van der Waals surface area contributed by atoms with Gasteiger partial charge < -0.3 is 58.9 Å². The minimum atomic E-state index is -2.39. The van der Waals surface area contributed by atoms with E-state index in [0.29, 0.717) is 0 Å². The maximum Gasteiger partial charge on any atom is 0.408 e. The van der Waals surface area contributed by atoms with Crippen molar-refractivity contribution < 1.29 is 77.6 Å². The lowest BCUT2D eigenvalue weighted by atomic mass is 9.44. The van der Waals surface area contributed by atoms with E-state index in [0.717, 1.165) is 6.92 Å². The molecule has 338 valence electrons. The Hall–Kier alpha value is -4.91. The topological polar surface area (TPSA) is 243 Å². The monoisotopic (exact) mass is 867 g/mol. The maximum atomic E-state index is 15.0. The summed E-state index contributed by atoms with van der Waals surface area (Å²) in [4.78, 5) is 69.5. The fourth-order valence-electron chi connectivity index (χ4n) is 9.82. The quantitative estimate of drug-likeness (QED) is 0.0942. The second-order valence-corrected chi connectivity index (χ2v) is 18.3. The Balaban J connectivity index is 1.48. The van der Waals surface area contributed by atoms with Gasteiger partial charge in [-0.1, -0.05) is 44.2 Å². The van der Waals surface area contributed by atoms with Crippen LogP contribution in [-0.4, -0.2) is 124 Å². The summed E-state index contributed by atoms with van der Waals surface area (Å²) in [5.74, 6) is -5.21. The summed E-state index contributed by atoms with van der Waals surface area (Å²) < 4.78 is 40.2. The van der Waals surface area contributed by atoms with Crippen LogP contribution in [0.15, 0.2) is 65.7 Å². The van der Waals surface area contributed by atoms with Crippen molar-refractivity contribution >= 4 is 29.8 Å². The summed E-state index contributed by atoms with van der Waals surface area (Å²) in [6.07, 6.45) is -11.8. The molecule has 2 bridgehead atoms. The number of aliphatic hydroxyl groups is 4. The molecule has 4 aliphatic rings. The van der Waals surface area contributed by atoms with Crippen LogP contribution in [0.2, 0.25) is 0 Å². The molecule has 3 fully saturated rings. The van der Waals surface area contributed by atoms with Crippen molar-refractivity contribution in [3.05, 3.63) is 76.9 Å². The van der Waals surface area contributed by atoms with Crippen LogP contribution in [0, 0.1) is 16.7 Å². The Morgan fingerprint density at radius 3 is 2.27 bits per heavy atom.